The second-order valence-electron chi connectivity index (χ2n) is 4.94. The van der Waals surface area contributed by atoms with E-state index >= 15 is 0 Å². The van der Waals surface area contributed by atoms with Gasteiger partial charge in [-0.05, 0) is 61.7 Å². The third-order valence-electron chi connectivity index (χ3n) is 3.32. The van der Waals surface area contributed by atoms with E-state index in [9.17, 15) is 0 Å². The summed E-state index contributed by atoms with van der Waals surface area (Å²) < 4.78 is 0. The summed E-state index contributed by atoms with van der Waals surface area (Å²) in [6.07, 6.45) is 7.82. The molecule has 0 radical (unpaired) electrons. The van der Waals surface area contributed by atoms with Gasteiger partial charge < -0.3 is 5.32 Å². The molecule has 2 aromatic carbocycles. The van der Waals surface area contributed by atoms with Crippen molar-refractivity contribution in [3.05, 3.63) is 66.7 Å². The molecule has 1 aliphatic carbocycles. The van der Waals surface area contributed by atoms with Crippen LogP contribution < -0.4 is 5.32 Å². The Labute approximate surface area is 119 Å². The molecule has 0 fully saturated rings. The predicted molar refractivity (Wildman–Crippen MR) is 86.3 cm³/mol. The van der Waals surface area contributed by atoms with Crippen molar-refractivity contribution in [3.63, 3.8) is 0 Å². The predicted octanol–water partition coefficient (Wildman–Crippen LogP) is 5.24. The molecule has 0 aliphatic heterocycles. The van der Waals surface area contributed by atoms with E-state index in [1.165, 1.54) is 18.6 Å². The normalized spacial score (nSPS) is 16.3. The molecule has 0 amide bonds. The number of benzene rings is 2. The third-order valence-corrected chi connectivity index (χ3v) is 3.32. The van der Waals surface area contributed by atoms with Crippen LogP contribution in [0.2, 0.25) is 0 Å². The topological polar surface area (TPSA) is 24.4 Å². The first-order valence-corrected chi connectivity index (χ1v) is 7.06. The SMILES string of the molecule is C1=CC(=Nc2ccc(Nc3ccccc3)cc2)CCC1. The van der Waals surface area contributed by atoms with Gasteiger partial charge in [0.2, 0.25) is 0 Å². The van der Waals surface area contributed by atoms with Crippen LogP contribution in [-0.4, -0.2) is 5.71 Å². The Balaban J connectivity index is 1.71. The zero-order valence-corrected chi connectivity index (χ0v) is 11.4. The number of nitrogens with zero attached hydrogens (tertiary/aromatic N) is 1. The van der Waals surface area contributed by atoms with E-state index in [0.717, 1.165) is 23.5 Å². The highest BCUT2D eigenvalue weighted by Gasteiger charge is 2.01. The summed E-state index contributed by atoms with van der Waals surface area (Å²) in [5.74, 6) is 0. The molecule has 2 heteroatoms. The number of allylic oxidation sites excluding steroid dienone is 2. The highest BCUT2D eigenvalue weighted by molar-refractivity contribution is 5.97. The average Bonchev–Trinajstić information content (AvgIpc) is 2.51. The maximum atomic E-state index is 4.67. The highest BCUT2D eigenvalue weighted by Crippen LogP contribution is 2.21. The van der Waals surface area contributed by atoms with Gasteiger partial charge in [0.1, 0.15) is 0 Å². The lowest BCUT2D eigenvalue weighted by molar-refractivity contribution is 0.879. The van der Waals surface area contributed by atoms with Crippen LogP contribution in [0.5, 0.6) is 0 Å². The summed E-state index contributed by atoms with van der Waals surface area (Å²) in [7, 11) is 0. The lowest BCUT2D eigenvalue weighted by Crippen LogP contribution is -1.97. The van der Waals surface area contributed by atoms with Gasteiger partial charge in [-0.3, -0.25) is 4.99 Å². The first kappa shape index (κ1) is 12.7. The third kappa shape index (κ3) is 3.35. The van der Waals surface area contributed by atoms with E-state index in [1.807, 2.05) is 18.2 Å². The second-order valence-corrected chi connectivity index (χ2v) is 4.94. The molecule has 0 spiro atoms. The molecule has 0 bridgehead atoms. The van der Waals surface area contributed by atoms with Crippen molar-refractivity contribution in [1.29, 1.82) is 0 Å². The van der Waals surface area contributed by atoms with Crippen LogP contribution in [0.1, 0.15) is 19.3 Å². The van der Waals surface area contributed by atoms with Gasteiger partial charge in [0.15, 0.2) is 0 Å². The van der Waals surface area contributed by atoms with Gasteiger partial charge in [0.25, 0.3) is 0 Å². The number of hydrogen-bond acceptors (Lipinski definition) is 2. The Morgan fingerprint density at radius 3 is 2.30 bits per heavy atom. The largest absolute Gasteiger partial charge is 0.356 e. The van der Waals surface area contributed by atoms with E-state index in [1.54, 1.807) is 0 Å². The van der Waals surface area contributed by atoms with E-state index < -0.39 is 0 Å². The van der Waals surface area contributed by atoms with Gasteiger partial charge in [0, 0.05) is 17.1 Å². The molecule has 0 atom stereocenters. The molecule has 0 aromatic heterocycles. The van der Waals surface area contributed by atoms with Crippen LogP contribution in [0.15, 0.2) is 71.7 Å². The monoisotopic (exact) mass is 262 g/mol. The Morgan fingerprint density at radius 2 is 1.60 bits per heavy atom. The quantitative estimate of drug-likeness (QED) is 0.803. The summed E-state index contributed by atoms with van der Waals surface area (Å²) in [5.41, 5.74) is 4.38. The number of rotatable bonds is 3. The van der Waals surface area contributed by atoms with Crippen molar-refractivity contribution in [2.75, 3.05) is 5.32 Å². The molecule has 0 saturated heterocycles. The molecule has 20 heavy (non-hydrogen) atoms. The van der Waals surface area contributed by atoms with Crippen LogP contribution >= 0.6 is 0 Å². The molecule has 1 aliphatic rings. The Bertz CT molecular complexity index is 610. The average molecular weight is 262 g/mol. The van der Waals surface area contributed by atoms with Crippen molar-refractivity contribution < 1.29 is 0 Å². The first-order chi connectivity index (χ1) is 9.90. The first-order valence-electron chi connectivity index (χ1n) is 7.06. The molecule has 1 N–H and O–H groups in total. The van der Waals surface area contributed by atoms with E-state index in [2.05, 4.69) is 58.9 Å². The summed E-state index contributed by atoms with van der Waals surface area (Å²) in [6.45, 7) is 0. The van der Waals surface area contributed by atoms with Crippen molar-refractivity contribution in [1.82, 2.24) is 0 Å². The van der Waals surface area contributed by atoms with Crippen molar-refractivity contribution in [2.45, 2.75) is 19.3 Å². The molecule has 2 nitrogen and oxygen atoms in total. The maximum Gasteiger partial charge on any atom is 0.0634 e. The fourth-order valence-corrected chi connectivity index (χ4v) is 2.27. The maximum absolute atomic E-state index is 4.67. The smallest absolute Gasteiger partial charge is 0.0634 e. The Morgan fingerprint density at radius 1 is 0.850 bits per heavy atom. The molecule has 2 aromatic rings. The van der Waals surface area contributed by atoms with E-state index in [0.29, 0.717) is 0 Å². The summed E-state index contributed by atoms with van der Waals surface area (Å²) in [6, 6.07) is 18.4. The fraction of sp³-hybridized carbons (Fsp3) is 0.167. The molecule has 0 saturated carbocycles. The Kier molecular flexibility index (Phi) is 3.93. The molecule has 0 unspecified atom stereocenters. The van der Waals surface area contributed by atoms with Gasteiger partial charge in [0.05, 0.1) is 5.69 Å². The zero-order valence-electron chi connectivity index (χ0n) is 11.4. The lowest BCUT2D eigenvalue weighted by atomic mass is 10.1. The number of aliphatic imine (C=N–C) groups is 1. The number of anilines is 2. The minimum atomic E-state index is 1.02. The number of hydrogen-bond donors (Lipinski definition) is 1. The molecular formula is C18H18N2. The van der Waals surface area contributed by atoms with E-state index in [4.69, 9.17) is 0 Å². The standard InChI is InChI=1S/C18H18N2/c1-3-7-15(8-4-1)19-17-11-13-18(14-12-17)20-16-9-5-2-6-10-16/h1,3-5,7-9,11-14,19H,2,6,10H2. The fourth-order valence-electron chi connectivity index (χ4n) is 2.27. The van der Waals surface area contributed by atoms with Crippen LogP contribution in [0, 0.1) is 0 Å². The number of para-hydroxylation sites is 1. The minimum Gasteiger partial charge on any atom is -0.356 e. The van der Waals surface area contributed by atoms with Crippen molar-refractivity contribution >= 4 is 22.8 Å². The Hall–Kier alpha value is -2.35. The van der Waals surface area contributed by atoms with E-state index in [-0.39, 0.29) is 0 Å². The second kappa shape index (κ2) is 6.20. The summed E-state index contributed by atoms with van der Waals surface area (Å²) >= 11 is 0. The lowest BCUT2D eigenvalue weighted by Gasteiger charge is -2.08. The molecule has 100 valence electrons. The van der Waals surface area contributed by atoms with Crippen LogP contribution in [0.4, 0.5) is 17.1 Å². The minimum absolute atomic E-state index is 1.02. The summed E-state index contributed by atoms with van der Waals surface area (Å²) in [5, 5.41) is 3.37. The van der Waals surface area contributed by atoms with Gasteiger partial charge in [-0.2, -0.15) is 0 Å². The van der Waals surface area contributed by atoms with Gasteiger partial charge >= 0.3 is 0 Å². The molecule has 3 rings (SSSR count). The van der Waals surface area contributed by atoms with Crippen LogP contribution in [-0.2, 0) is 0 Å². The van der Waals surface area contributed by atoms with Gasteiger partial charge in [-0.25, -0.2) is 0 Å². The van der Waals surface area contributed by atoms with Gasteiger partial charge in [-0.15, -0.1) is 0 Å². The van der Waals surface area contributed by atoms with Gasteiger partial charge in [-0.1, -0.05) is 24.3 Å². The highest BCUT2D eigenvalue weighted by atomic mass is 14.9. The van der Waals surface area contributed by atoms with Crippen molar-refractivity contribution in [2.24, 2.45) is 4.99 Å². The number of nitrogens with one attached hydrogen (secondary N) is 1. The summed E-state index contributed by atoms with van der Waals surface area (Å²) in [4.78, 5) is 4.67. The van der Waals surface area contributed by atoms with Crippen molar-refractivity contribution in [3.8, 4) is 0 Å². The molecule has 0 heterocycles. The van der Waals surface area contributed by atoms with Crippen LogP contribution in [0.25, 0.3) is 0 Å². The zero-order chi connectivity index (χ0) is 13.6. The molecular weight excluding hydrogens is 244 g/mol. The van der Waals surface area contributed by atoms with Crippen LogP contribution in [0.3, 0.4) is 0 Å².